The molecule has 2 aliphatic rings. The van der Waals surface area contributed by atoms with Crippen LogP contribution in [0.15, 0.2) is 24.3 Å². The summed E-state index contributed by atoms with van der Waals surface area (Å²) in [7, 11) is 0. The van der Waals surface area contributed by atoms with Crippen LogP contribution < -0.4 is 5.32 Å². The van der Waals surface area contributed by atoms with Gasteiger partial charge in [-0.2, -0.15) is 0 Å². The first kappa shape index (κ1) is 23.1. The van der Waals surface area contributed by atoms with Crippen LogP contribution in [0.5, 0.6) is 0 Å². The number of benzene rings is 1. The first-order chi connectivity index (χ1) is 14.6. The Morgan fingerprint density at radius 1 is 1.10 bits per heavy atom. The number of carbonyl (C=O) groups is 3. The Hall–Kier alpha value is -2.57. The number of esters is 1. The fourth-order valence-corrected chi connectivity index (χ4v) is 4.14. The quantitative estimate of drug-likeness (QED) is 0.735. The molecule has 1 aliphatic heterocycles. The van der Waals surface area contributed by atoms with Crippen molar-refractivity contribution in [3.05, 3.63) is 35.4 Å². The molecule has 1 saturated heterocycles. The predicted molar refractivity (Wildman–Crippen MR) is 116 cm³/mol. The van der Waals surface area contributed by atoms with Crippen molar-refractivity contribution in [2.45, 2.75) is 77.5 Å². The second kappa shape index (κ2) is 9.71. The van der Waals surface area contributed by atoms with E-state index in [2.05, 4.69) is 17.4 Å². The number of aryl methyl sites for hydroxylation is 1. The lowest BCUT2D eigenvalue weighted by atomic mass is 9.87. The van der Waals surface area contributed by atoms with Gasteiger partial charge in [-0.3, -0.25) is 9.59 Å². The van der Waals surface area contributed by atoms with Gasteiger partial charge < -0.3 is 19.7 Å². The van der Waals surface area contributed by atoms with E-state index >= 15 is 0 Å². The van der Waals surface area contributed by atoms with E-state index in [4.69, 9.17) is 9.47 Å². The maximum atomic E-state index is 12.7. The van der Waals surface area contributed by atoms with Gasteiger partial charge in [-0.1, -0.05) is 24.3 Å². The Labute approximate surface area is 184 Å². The molecule has 1 heterocycles. The monoisotopic (exact) mass is 430 g/mol. The molecule has 0 saturated carbocycles. The summed E-state index contributed by atoms with van der Waals surface area (Å²) in [6, 6.07) is 8.10. The van der Waals surface area contributed by atoms with Gasteiger partial charge >= 0.3 is 12.1 Å². The molecule has 1 aromatic carbocycles. The summed E-state index contributed by atoms with van der Waals surface area (Å²) >= 11 is 0. The molecule has 3 rings (SSSR count). The average Bonchev–Trinajstić information content (AvgIpc) is 2.72. The molecule has 1 N–H and O–H groups in total. The molecule has 1 aromatic rings. The molecule has 2 amide bonds. The highest BCUT2D eigenvalue weighted by molar-refractivity contribution is 5.84. The Morgan fingerprint density at radius 2 is 1.77 bits per heavy atom. The van der Waals surface area contributed by atoms with Crippen LogP contribution in [0.3, 0.4) is 0 Å². The van der Waals surface area contributed by atoms with Crippen LogP contribution >= 0.6 is 0 Å². The molecule has 2 atom stereocenters. The topological polar surface area (TPSA) is 84.9 Å². The van der Waals surface area contributed by atoms with Crippen molar-refractivity contribution in [1.29, 1.82) is 0 Å². The summed E-state index contributed by atoms with van der Waals surface area (Å²) in [5.41, 5.74) is 1.87. The third-order valence-electron chi connectivity index (χ3n) is 5.83. The maximum absolute atomic E-state index is 12.7. The van der Waals surface area contributed by atoms with Gasteiger partial charge in [0.2, 0.25) is 0 Å². The lowest BCUT2D eigenvalue weighted by molar-refractivity contribution is -0.160. The van der Waals surface area contributed by atoms with Crippen molar-refractivity contribution < 1.29 is 23.9 Å². The molecule has 0 spiro atoms. The van der Waals surface area contributed by atoms with Gasteiger partial charge in [-0.15, -0.1) is 0 Å². The van der Waals surface area contributed by atoms with Gasteiger partial charge in [-0.25, -0.2) is 4.79 Å². The third-order valence-corrected chi connectivity index (χ3v) is 5.83. The number of piperidine rings is 1. The molecule has 7 heteroatoms. The zero-order valence-corrected chi connectivity index (χ0v) is 19.0. The molecular formula is C24H34N2O5. The van der Waals surface area contributed by atoms with Crippen LogP contribution in [0.25, 0.3) is 0 Å². The van der Waals surface area contributed by atoms with E-state index in [1.165, 1.54) is 5.56 Å². The van der Waals surface area contributed by atoms with E-state index in [9.17, 15) is 14.4 Å². The molecule has 0 unspecified atom stereocenters. The van der Waals surface area contributed by atoms with Crippen LogP contribution in [-0.2, 0) is 25.5 Å². The fourth-order valence-electron chi connectivity index (χ4n) is 4.14. The molecule has 170 valence electrons. The number of likely N-dealkylation sites (tertiary alicyclic amines) is 1. The van der Waals surface area contributed by atoms with Crippen LogP contribution in [0.2, 0.25) is 0 Å². The van der Waals surface area contributed by atoms with Crippen LogP contribution in [0, 0.1) is 5.92 Å². The second-order valence-electron chi connectivity index (χ2n) is 9.47. The summed E-state index contributed by atoms with van der Waals surface area (Å²) in [5, 5.41) is 3.04. The van der Waals surface area contributed by atoms with Crippen molar-refractivity contribution in [3.63, 3.8) is 0 Å². The Bertz CT molecular complexity index is 808. The number of nitrogens with one attached hydrogen (secondary N) is 1. The summed E-state index contributed by atoms with van der Waals surface area (Å²) in [6.45, 7) is 7.97. The Morgan fingerprint density at radius 3 is 2.45 bits per heavy atom. The Kier molecular flexibility index (Phi) is 7.23. The first-order valence-electron chi connectivity index (χ1n) is 11.2. The molecule has 7 nitrogen and oxygen atoms in total. The molecule has 0 radical (unpaired) electrons. The summed E-state index contributed by atoms with van der Waals surface area (Å²) in [4.78, 5) is 39.0. The van der Waals surface area contributed by atoms with Gasteiger partial charge in [0.15, 0.2) is 6.10 Å². The van der Waals surface area contributed by atoms with E-state index in [0.29, 0.717) is 25.9 Å². The highest BCUT2D eigenvalue weighted by Gasteiger charge is 2.32. The Balaban J connectivity index is 1.47. The number of nitrogens with zero attached hydrogens (tertiary/aromatic N) is 1. The lowest BCUT2D eigenvalue weighted by Gasteiger charge is -2.33. The zero-order valence-electron chi connectivity index (χ0n) is 19.0. The minimum atomic E-state index is -0.856. The number of amides is 2. The van der Waals surface area contributed by atoms with Crippen molar-refractivity contribution in [3.8, 4) is 0 Å². The van der Waals surface area contributed by atoms with Crippen LogP contribution in [0.4, 0.5) is 4.79 Å². The van der Waals surface area contributed by atoms with Gasteiger partial charge in [0.1, 0.15) is 5.60 Å². The van der Waals surface area contributed by atoms with Gasteiger partial charge in [-0.05, 0) is 70.9 Å². The highest BCUT2D eigenvalue weighted by atomic mass is 16.6. The number of hydrogen-bond donors (Lipinski definition) is 1. The summed E-state index contributed by atoms with van der Waals surface area (Å²) < 4.78 is 10.9. The number of hydrogen-bond acceptors (Lipinski definition) is 5. The van der Waals surface area contributed by atoms with Crippen LogP contribution in [0.1, 0.15) is 70.5 Å². The average molecular weight is 431 g/mol. The maximum Gasteiger partial charge on any atom is 0.410 e. The predicted octanol–water partition coefficient (Wildman–Crippen LogP) is 3.76. The number of ether oxygens (including phenoxy) is 2. The minimum absolute atomic E-state index is 0.0457. The molecule has 0 aromatic heterocycles. The largest absolute Gasteiger partial charge is 0.452 e. The molecular weight excluding hydrogens is 396 g/mol. The van der Waals surface area contributed by atoms with E-state index in [1.807, 2.05) is 32.9 Å². The number of carbonyl (C=O) groups excluding carboxylic acids is 3. The SMILES string of the molecule is C[C@H](OC(=O)C1CCN(C(=O)OC(C)(C)C)CC1)C(=O)N[C@@H]1CCCc2ccccc21. The van der Waals surface area contributed by atoms with Crippen LogP contribution in [-0.4, -0.2) is 47.7 Å². The van der Waals surface area contributed by atoms with Gasteiger partial charge in [0, 0.05) is 13.1 Å². The summed E-state index contributed by atoms with van der Waals surface area (Å²) in [6.07, 6.45) is 2.71. The van der Waals surface area contributed by atoms with Crippen molar-refractivity contribution in [1.82, 2.24) is 10.2 Å². The van der Waals surface area contributed by atoms with E-state index in [1.54, 1.807) is 11.8 Å². The van der Waals surface area contributed by atoms with E-state index in [0.717, 1.165) is 24.8 Å². The molecule has 0 bridgehead atoms. The smallest absolute Gasteiger partial charge is 0.410 e. The van der Waals surface area contributed by atoms with Crippen molar-refractivity contribution in [2.75, 3.05) is 13.1 Å². The molecule has 1 fully saturated rings. The molecule has 31 heavy (non-hydrogen) atoms. The minimum Gasteiger partial charge on any atom is -0.452 e. The fraction of sp³-hybridized carbons (Fsp3) is 0.625. The van der Waals surface area contributed by atoms with E-state index < -0.39 is 11.7 Å². The standard InChI is InChI=1S/C24H34N2O5/c1-16(21(27)25-20-11-7-9-17-8-5-6-10-19(17)20)30-22(28)18-12-14-26(15-13-18)23(29)31-24(2,3)4/h5-6,8,10,16,18,20H,7,9,11-15H2,1-4H3,(H,25,27)/t16-,20+/m0/s1. The second-order valence-corrected chi connectivity index (χ2v) is 9.47. The van der Waals surface area contributed by atoms with E-state index in [-0.39, 0.29) is 29.9 Å². The summed E-state index contributed by atoms with van der Waals surface area (Å²) in [5.74, 6) is -0.971. The lowest BCUT2D eigenvalue weighted by Crippen LogP contribution is -2.44. The van der Waals surface area contributed by atoms with Crippen molar-refractivity contribution in [2.24, 2.45) is 5.92 Å². The third kappa shape index (κ3) is 6.21. The zero-order chi connectivity index (χ0) is 22.6. The first-order valence-corrected chi connectivity index (χ1v) is 11.2. The number of fused-ring (bicyclic) bond motifs is 1. The number of rotatable bonds is 4. The van der Waals surface area contributed by atoms with Gasteiger partial charge in [0.25, 0.3) is 5.91 Å². The molecule has 1 aliphatic carbocycles. The highest BCUT2D eigenvalue weighted by Crippen LogP contribution is 2.29. The van der Waals surface area contributed by atoms with Crippen molar-refractivity contribution >= 4 is 18.0 Å². The van der Waals surface area contributed by atoms with Gasteiger partial charge in [0.05, 0.1) is 12.0 Å². The normalized spacial score (nSPS) is 20.4.